The van der Waals surface area contributed by atoms with Crippen molar-refractivity contribution in [2.45, 2.75) is 38.2 Å². The van der Waals surface area contributed by atoms with E-state index in [1.165, 1.54) is 6.20 Å². The lowest BCUT2D eigenvalue weighted by molar-refractivity contribution is -0.620. The zero-order valence-electron chi connectivity index (χ0n) is 19.6. The molecule has 0 spiro atoms. The summed E-state index contributed by atoms with van der Waals surface area (Å²) in [6, 6.07) is 12.9. The second-order valence-corrected chi connectivity index (χ2v) is 9.92. The average Bonchev–Trinajstić information content (AvgIpc) is 3.41. The van der Waals surface area contributed by atoms with Gasteiger partial charge < -0.3 is 26.3 Å². The number of imidazole rings is 1. The molecule has 2 aliphatic rings. The van der Waals surface area contributed by atoms with E-state index in [1.807, 2.05) is 31.2 Å². The number of fused-ring (bicyclic) bond motifs is 2. The molecule has 0 radical (unpaired) electrons. The van der Waals surface area contributed by atoms with Gasteiger partial charge in [0.15, 0.2) is 6.20 Å². The number of amides is 1. The fraction of sp³-hybridized carbons (Fsp3) is 0.222. The number of H-pyrrole nitrogens is 1. The van der Waals surface area contributed by atoms with E-state index in [4.69, 9.17) is 17.3 Å². The summed E-state index contributed by atoms with van der Waals surface area (Å²) >= 11 is 6.15. The van der Waals surface area contributed by atoms with Gasteiger partial charge in [0, 0.05) is 45.1 Å². The van der Waals surface area contributed by atoms with Crippen LogP contribution in [0.3, 0.4) is 0 Å². The third-order valence-corrected chi connectivity index (χ3v) is 7.39. The molecule has 1 atom stereocenters. The molecule has 2 aromatic carbocycles. The molecular weight excluding hydrogens is 478 g/mol. The molecule has 0 bridgehead atoms. The molecule has 0 saturated carbocycles. The number of hydrogen-bond acceptors (Lipinski definition) is 5. The molecule has 1 unspecified atom stereocenters. The number of aryl methyl sites for hydroxylation is 3. The molecular formula is C27H24ClN5O3. The maximum Gasteiger partial charge on any atom is 0.235 e. The van der Waals surface area contributed by atoms with Crippen molar-refractivity contribution in [3.05, 3.63) is 87.2 Å². The Morgan fingerprint density at radius 2 is 1.94 bits per heavy atom. The van der Waals surface area contributed by atoms with Crippen molar-refractivity contribution in [2.75, 3.05) is 11.1 Å². The second-order valence-electron chi connectivity index (χ2n) is 9.49. The van der Waals surface area contributed by atoms with Gasteiger partial charge in [-0.05, 0) is 62.1 Å². The number of nitrogen functional groups attached to an aromatic ring is 1. The molecule has 0 saturated heterocycles. The van der Waals surface area contributed by atoms with Crippen LogP contribution in [0.4, 0.5) is 11.4 Å². The molecule has 4 aromatic rings. The number of nitrogens with one attached hydrogen (secondary N) is 2. The molecule has 3 heterocycles. The Morgan fingerprint density at radius 3 is 2.78 bits per heavy atom. The maximum absolute atomic E-state index is 13.2. The van der Waals surface area contributed by atoms with Gasteiger partial charge in [0.05, 0.1) is 11.4 Å². The van der Waals surface area contributed by atoms with Gasteiger partial charge in [-0.1, -0.05) is 23.7 Å². The Morgan fingerprint density at radius 1 is 1.11 bits per heavy atom. The van der Waals surface area contributed by atoms with E-state index in [0.29, 0.717) is 63.8 Å². The van der Waals surface area contributed by atoms with E-state index >= 15 is 0 Å². The number of anilines is 2. The van der Waals surface area contributed by atoms with Gasteiger partial charge in [-0.2, -0.15) is 4.73 Å². The largest absolute Gasteiger partial charge is 0.618 e. The van der Waals surface area contributed by atoms with Crippen molar-refractivity contribution in [3.63, 3.8) is 0 Å². The molecule has 0 fully saturated rings. The minimum absolute atomic E-state index is 0.00237. The van der Waals surface area contributed by atoms with Crippen LogP contribution in [0.25, 0.3) is 22.4 Å². The zero-order valence-corrected chi connectivity index (χ0v) is 20.3. The van der Waals surface area contributed by atoms with Crippen LogP contribution >= 0.6 is 11.6 Å². The van der Waals surface area contributed by atoms with Crippen molar-refractivity contribution in [2.24, 2.45) is 0 Å². The summed E-state index contributed by atoms with van der Waals surface area (Å²) in [6.07, 6.45) is 3.42. The van der Waals surface area contributed by atoms with E-state index in [1.54, 1.807) is 18.2 Å². The zero-order chi connectivity index (χ0) is 25.2. The highest BCUT2D eigenvalue weighted by Gasteiger charge is 2.48. The van der Waals surface area contributed by atoms with Crippen LogP contribution in [0.5, 0.6) is 0 Å². The van der Waals surface area contributed by atoms with Crippen LogP contribution in [0, 0.1) is 12.1 Å². The van der Waals surface area contributed by atoms with Crippen LogP contribution in [0.2, 0.25) is 5.02 Å². The number of rotatable bonds is 3. The Kier molecular flexibility index (Phi) is 5.07. The van der Waals surface area contributed by atoms with Crippen LogP contribution in [-0.4, -0.2) is 21.0 Å². The molecule has 8 nitrogen and oxygen atoms in total. The Labute approximate surface area is 212 Å². The van der Waals surface area contributed by atoms with E-state index in [0.717, 1.165) is 28.1 Å². The fourth-order valence-corrected chi connectivity index (χ4v) is 5.49. The SMILES string of the molecule is Cc1nc(C2(O)CCc3cc(-c4cc(Cl)ccc4N)c[n+]([O-])c32)[nH]c1-c1ccc2c(c1)NC(=O)CC2. The molecule has 9 heteroatoms. The third-order valence-electron chi connectivity index (χ3n) is 7.16. The maximum atomic E-state index is 13.2. The van der Waals surface area contributed by atoms with Crippen LogP contribution in [0.15, 0.2) is 48.7 Å². The normalized spacial score (nSPS) is 18.6. The van der Waals surface area contributed by atoms with Gasteiger partial charge in [0.2, 0.25) is 17.2 Å². The standard InChI is InChI=1S/C27H24ClN5O3/c1-14-24(16-3-2-15-4-7-23(34)31-22(15)11-16)32-26(30-14)27(35)9-8-17-10-18(13-33(36)25(17)27)20-12-19(28)5-6-21(20)29/h2-3,5-6,10-13,35H,4,7-9,29H2,1H3,(H,30,32)(H,31,34). The number of halogens is 1. The first-order valence-electron chi connectivity index (χ1n) is 11.8. The number of pyridine rings is 1. The van der Waals surface area contributed by atoms with Crippen molar-refractivity contribution in [1.82, 2.24) is 9.97 Å². The minimum Gasteiger partial charge on any atom is -0.618 e. The summed E-state index contributed by atoms with van der Waals surface area (Å²) in [4.78, 5) is 19.7. The smallest absolute Gasteiger partial charge is 0.235 e. The first-order valence-corrected chi connectivity index (χ1v) is 12.2. The molecule has 1 aliphatic carbocycles. The molecule has 1 aliphatic heterocycles. The minimum atomic E-state index is -1.57. The summed E-state index contributed by atoms with van der Waals surface area (Å²) in [5, 5.41) is 28.4. The number of benzene rings is 2. The van der Waals surface area contributed by atoms with Gasteiger partial charge in [-0.15, -0.1) is 0 Å². The van der Waals surface area contributed by atoms with Gasteiger partial charge in [-0.3, -0.25) is 4.79 Å². The highest BCUT2D eigenvalue weighted by atomic mass is 35.5. The molecule has 5 N–H and O–H groups in total. The van der Waals surface area contributed by atoms with Gasteiger partial charge in [0.25, 0.3) is 0 Å². The van der Waals surface area contributed by atoms with Crippen LogP contribution in [0.1, 0.15) is 41.2 Å². The predicted octanol–water partition coefficient (Wildman–Crippen LogP) is 3.99. The predicted molar refractivity (Wildman–Crippen MR) is 137 cm³/mol. The number of nitrogens with zero attached hydrogens (tertiary/aromatic N) is 2. The number of carbonyl (C=O) groups is 1. The summed E-state index contributed by atoms with van der Waals surface area (Å²) in [6.45, 7) is 1.85. The first-order chi connectivity index (χ1) is 17.2. The van der Waals surface area contributed by atoms with Crippen LogP contribution in [-0.2, 0) is 23.2 Å². The second kappa shape index (κ2) is 8.08. The van der Waals surface area contributed by atoms with E-state index < -0.39 is 5.60 Å². The molecule has 2 aromatic heterocycles. The van der Waals surface area contributed by atoms with Crippen molar-refractivity contribution < 1.29 is 14.6 Å². The highest BCUT2D eigenvalue weighted by molar-refractivity contribution is 6.31. The Hall–Kier alpha value is -3.88. The number of aromatic nitrogens is 3. The lowest BCUT2D eigenvalue weighted by Gasteiger charge is -2.20. The molecule has 6 rings (SSSR count). The van der Waals surface area contributed by atoms with Gasteiger partial charge in [0.1, 0.15) is 5.82 Å². The van der Waals surface area contributed by atoms with Crippen molar-refractivity contribution in [1.29, 1.82) is 0 Å². The van der Waals surface area contributed by atoms with Crippen LogP contribution < -0.4 is 15.8 Å². The summed E-state index contributed by atoms with van der Waals surface area (Å²) in [5.41, 5.74) is 11.5. The number of aliphatic hydroxyl groups is 1. The van der Waals surface area contributed by atoms with E-state index in [9.17, 15) is 15.1 Å². The highest BCUT2D eigenvalue weighted by Crippen LogP contribution is 2.42. The van der Waals surface area contributed by atoms with Crippen molar-refractivity contribution in [3.8, 4) is 22.4 Å². The summed E-state index contributed by atoms with van der Waals surface area (Å²) in [7, 11) is 0. The van der Waals surface area contributed by atoms with E-state index in [2.05, 4.69) is 15.3 Å². The van der Waals surface area contributed by atoms with E-state index in [-0.39, 0.29) is 11.6 Å². The Balaban J connectivity index is 1.40. The van der Waals surface area contributed by atoms with Gasteiger partial charge >= 0.3 is 0 Å². The molecule has 36 heavy (non-hydrogen) atoms. The quantitative estimate of drug-likeness (QED) is 0.191. The van der Waals surface area contributed by atoms with Crippen molar-refractivity contribution >= 4 is 28.9 Å². The number of nitrogens with two attached hydrogens (primary N) is 1. The number of carbonyl (C=O) groups excluding carboxylic acids is 1. The lowest BCUT2D eigenvalue weighted by Crippen LogP contribution is -2.42. The summed E-state index contributed by atoms with van der Waals surface area (Å²) in [5.74, 6) is 0.313. The topological polar surface area (TPSA) is 131 Å². The lowest BCUT2D eigenvalue weighted by atomic mass is 9.98. The molecule has 182 valence electrons. The average molecular weight is 502 g/mol. The fourth-order valence-electron chi connectivity index (χ4n) is 5.32. The third kappa shape index (κ3) is 3.53. The van der Waals surface area contributed by atoms with Gasteiger partial charge in [-0.25, -0.2) is 4.98 Å². The Bertz CT molecular complexity index is 1560. The summed E-state index contributed by atoms with van der Waals surface area (Å²) < 4.78 is 0.712. The number of hydrogen-bond donors (Lipinski definition) is 4. The number of aromatic amines is 1. The molecule has 1 amide bonds. The first kappa shape index (κ1) is 22.6. The monoisotopic (exact) mass is 501 g/mol.